The Morgan fingerprint density at radius 1 is 1.30 bits per heavy atom. The van der Waals surface area contributed by atoms with Gasteiger partial charge in [0.2, 0.25) is 5.91 Å². The summed E-state index contributed by atoms with van der Waals surface area (Å²) >= 11 is 7.25. The van der Waals surface area contributed by atoms with E-state index in [1.165, 1.54) is 18.4 Å². The maximum Gasteiger partial charge on any atom is 0.341 e. The molecule has 30 heavy (non-hydrogen) atoms. The second-order valence-corrected chi connectivity index (χ2v) is 8.30. The number of methoxy groups -OCH3 is 1. The molecular formula is C21H23ClN4O3S. The second-order valence-electron chi connectivity index (χ2n) is 6.99. The predicted molar refractivity (Wildman–Crippen MR) is 119 cm³/mol. The van der Waals surface area contributed by atoms with Gasteiger partial charge in [0.25, 0.3) is 0 Å². The van der Waals surface area contributed by atoms with E-state index in [9.17, 15) is 9.59 Å². The summed E-state index contributed by atoms with van der Waals surface area (Å²) in [6.45, 7) is 2.70. The van der Waals surface area contributed by atoms with Crippen molar-refractivity contribution in [3.05, 3.63) is 57.7 Å². The number of aryl methyl sites for hydroxylation is 2. The average molecular weight is 447 g/mol. The van der Waals surface area contributed by atoms with Crippen molar-refractivity contribution >= 4 is 39.8 Å². The van der Waals surface area contributed by atoms with Gasteiger partial charge in [-0.15, -0.1) is 11.3 Å². The number of nitrogens with one attached hydrogen (secondary N) is 1. The highest BCUT2D eigenvalue weighted by Gasteiger charge is 2.22. The molecule has 3 rings (SSSR count). The number of hydrogen-bond donors (Lipinski definition) is 1. The van der Waals surface area contributed by atoms with E-state index < -0.39 is 5.97 Å². The Morgan fingerprint density at radius 2 is 2.00 bits per heavy atom. The largest absolute Gasteiger partial charge is 0.465 e. The van der Waals surface area contributed by atoms with Gasteiger partial charge in [-0.3, -0.25) is 14.4 Å². The molecule has 0 saturated heterocycles. The Bertz CT molecular complexity index is 1060. The van der Waals surface area contributed by atoms with E-state index in [-0.39, 0.29) is 12.5 Å². The number of aromatic nitrogens is 2. The number of esters is 1. The quantitative estimate of drug-likeness (QED) is 0.556. The smallest absolute Gasteiger partial charge is 0.341 e. The first-order valence-corrected chi connectivity index (χ1v) is 10.5. The number of ether oxygens (including phenoxy) is 1. The molecule has 2 aromatic heterocycles. The van der Waals surface area contributed by atoms with Gasteiger partial charge in [0, 0.05) is 41.3 Å². The number of rotatable bonds is 7. The van der Waals surface area contributed by atoms with Crippen LogP contribution in [0.15, 0.2) is 35.8 Å². The summed E-state index contributed by atoms with van der Waals surface area (Å²) < 4.78 is 6.70. The van der Waals surface area contributed by atoms with Gasteiger partial charge in [-0.2, -0.15) is 5.10 Å². The van der Waals surface area contributed by atoms with Crippen molar-refractivity contribution in [2.75, 3.05) is 26.0 Å². The molecule has 0 spiro atoms. The number of benzene rings is 1. The summed E-state index contributed by atoms with van der Waals surface area (Å²) in [5.74, 6) is -0.718. The Labute approximate surface area is 184 Å². The summed E-state index contributed by atoms with van der Waals surface area (Å²) in [7, 11) is 5.05. The van der Waals surface area contributed by atoms with Gasteiger partial charge in [-0.25, -0.2) is 4.79 Å². The molecule has 1 amide bonds. The molecule has 1 N–H and O–H groups in total. The molecule has 2 heterocycles. The van der Waals surface area contributed by atoms with Gasteiger partial charge in [0.15, 0.2) is 0 Å². The Balaban J connectivity index is 1.75. The zero-order valence-electron chi connectivity index (χ0n) is 17.2. The van der Waals surface area contributed by atoms with Crippen molar-refractivity contribution in [3.8, 4) is 11.1 Å². The monoisotopic (exact) mass is 446 g/mol. The van der Waals surface area contributed by atoms with E-state index >= 15 is 0 Å². The van der Waals surface area contributed by atoms with Crippen LogP contribution in [0.1, 0.15) is 21.6 Å². The van der Waals surface area contributed by atoms with Crippen LogP contribution in [-0.4, -0.2) is 47.3 Å². The Kier molecular flexibility index (Phi) is 6.91. The topological polar surface area (TPSA) is 76.5 Å². The van der Waals surface area contributed by atoms with Gasteiger partial charge >= 0.3 is 5.97 Å². The number of carbonyl (C=O) groups excluding carboxylic acids is 2. The summed E-state index contributed by atoms with van der Waals surface area (Å²) in [5, 5.41) is 10.1. The lowest BCUT2D eigenvalue weighted by molar-refractivity contribution is -0.117. The fourth-order valence-electron chi connectivity index (χ4n) is 3.16. The minimum atomic E-state index is -0.504. The van der Waals surface area contributed by atoms with Crippen LogP contribution in [-0.2, 0) is 23.1 Å². The molecule has 0 saturated carbocycles. The number of carbonyl (C=O) groups is 2. The molecule has 0 aliphatic heterocycles. The van der Waals surface area contributed by atoms with Crippen LogP contribution < -0.4 is 5.32 Å². The molecule has 1 aromatic carbocycles. The van der Waals surface area contributed by atoms with Crippen molar-refractivity contribution in [3.63, 3.8) is 0 Å². The standard InChI is InChI=1S/C21H23ClN4O3S/c1-13-15(10-26(3)24-13)9-25(2)11-18(27)23-20-19(21(28)29-4)17(12-30-20)14-5-7-16(22)8-6-14/h5-8,10,12H,9,11H2,1-4H3,(H,23,27). The molecule has 0 aliphatic rings. The van der Waals surface area contributed by atoms with E-state index in [0.29, 0.717) is 27.7 Å². The zero-order chi connectivity index (χ0) is 21.8. The highest BCUT2D eigenvalue weighted by atomic mass is 35.5. The first kappa shape index (κ1) is 22.0. The normalized spacial score (nSPS) is 11.0. The predicted octanol–water partition coefficient (Wildman–Crippen LogP) is 3.97. The minimum Gasteiger partial charge on any atom is -0.465 e. The summed E-state index contributed by atoms with van der Waals surface area (Å²) in [6, 6.07) is 7.16. The molecule has 0 radical (unpaired) electrons. The zero-order valence-corrected chi connectivity index (χ0v) is 18.8. The number of anilines is 1. The van der Waals surface area contributed by atoms with Crippen LogP contribution in [0.5, 0.6) is 0 Å². The van der Waals surface area contributed by atoms with Crippen molar-refractivity contribution in [1.82, 2.24) is 14.7 Å². The molecule has 9 heteroatoms. The summed E-state index contributed by atoms with van der Waals surface area (Å²) in [5.41, 5.74) is 3.84. The first-order chi connectivity index (χ1) is 14.3. The Morgan fingerprint density at radius 3 is 2.60 bits per heavy atom. The van der Waals surface area contributed by atoms with Crippen LogP contribution >= 0.6 is 22.9 Å². The molecular weight excluding hydrogens is 424 g/mol. The third-order valence-corrected chi connectivity index (χ3v) is 5.71. The van der Waals surface area contributed by atoms with E-state index in [2.05, 4.69) is 10.4 Å². The molecule has 3 aromatic rings. The van der Waals surface area contributed by atoms with E-state index in [1.807, 2.05) is 49.6 Å². The number of thiophene rings is 1. The first-order valence-electron chi connectivity index (χ1n) is 9.21. The van der Waals surface area contributed by atoms with Crippen molar-refractivity contribution in [2.24, 2.45) is 7.05 Å². The lowest BCUT2D eigenvalue weighted by atomic mass is 10.0. The highest BCUT2D eigenvalue weighted by Crippen LogP contribution is 2.36. The van der Waals surface area contributed by atoms with Crippen LogP contribution in [0.4, 0.5) is 5.00 Å². The maximum atomic E-state index is 12.6. The minimum absolute atomic E-state index is 0.170. The molecule has 0 unspecified atom stereocenters. The summed E-state index contributed by atoms with van der Waals surface area (Å²) in [6.07, 6.45) is 1.94. The number of halogens is 1. The molecule has 158 valence electrons. The molecule has 0 atom stereocenters. The number of hydrogen-bond acceptors (Lipinski definition) is 6. The Hall–Kier alpha value is -2.68. The van der Waals surface area contributed by atoms with Crippen LogP contribution in [0, 0.1) is 6.92 Å². The fourth-order valence-corrected chi connectivity index (χ4v) is 4.26. The van der Waals surface area contributed by atoms with Crippen molar-refractivity contribution in [1.29, 1.82) is 0 Å². The van der Waals surface area contributed by atoms with E-state index in [0.717, 1.165) is 16.8 Å². The highest BCUT2D eigenvalue weighted by molar-refractivity contribution is 7.15. The average Bonchev–Trinajstić information content (AvgIpc) is 3.24. The van der Waals surface area contributed by atoms with Crippen LogP contribution in [0.25, 0.3) is 11.1 Å². The van der Waals surface area contributed by atoms with Gasteiger partial charge < -0.3 is 10.1 Å². The van der Waals surface area contributed by atoms with Gasteiger partial charge in [0.1, 0.15) is 10.6 Å². The van der Waals surface area contributed by atoms with Gasteiger partial charge in [0.05, 0.1) is 19.3 Å². The van der Waals surface area contributed by atoms with Crippen LogP contribution in [0.2, 0.25) is 5.02 Å². The van der Waals surface area contributed by atoms with E-state index in [1.54, 1.807) is 16.8 Å². The maximum absolute atomic E-state index is 12.6. The number of nitrogens with zero attached hydrogens (tertiary/aromatic N) is 3. The van der Waals surface area contributed by atoms with Gasteiger partial charge in [-0.05, 0) is 31.7 Å². The fraction of sp³-hybridized carbons (Fsp3) is 0.286. The molecule has 0 bridgehead atoms. The third-order valence-electron chi connectivity index (χ3n) is 4.56. The number of likely N-dealkylation sites (N-methyl/N-ethyl adjacent to an activating group) is 1. The molecule has 0 aliphatic carbocycles. The van der Waals surface area contributed by atoms with E-state index in [4.69, 9.17) is 16.3 Å². The SMILES string of the molecule is COC(=O)c1c(-c2ccc(Cl)cc2)csc1NC(=O)CN(C)Cc1cn(C)nc1C. The third kappa shape index (κ3) is 5.08. The van der Waals surface area contributed by atoms with Crippen molar-refractivity contribution in [2.45, 2.75) is 13.5 Å². The summed E-state index contributed by atoms with van der Waals surface area (Å²) in [4.78, 5) is 26.9. The van der Waals surface area contributed by atoms with Crippen LogP contribution in [0.3, 0.4) is 0 Å². The second kappa shape index (κ2) is 9.42. The lowest BCUT2D eigenvalue weighted by Gasteiger charge is -2.16. The van der Waals surface area contributed by atoms with Gasteiger partial charge in [-0.1, -0.05) is 23.7 Å². The number of amides is 1. The van der Waals surface area contributed by atoms with Crippen molar-refractivity contribution < 1.29 is 14.3 Å². The molecule has 0 fully saturated rings. The molecule has 7 nitrogen and oxygen atoms in total. The lowest BCUT2D eigenvalue weighted by Crippen LogP contribution is -2.30.